The number of ether oxygens (including phenoxy) is 1. The van der Waals surface area contributed by atoms with Crippen LogP contribution in [-0.2, 0) is 14.3 Å². The normalized spacial score (nSPS) is 32.2. The molecule has 2 rings (SSSR count). The highest BCUT2D eigenvalue weighted by molar-refractivity contribution is 5.90. The number of hydrogen-bond acceptors (Lipinski definition) is 4. The molecule has 1 saturated heterocycles. The highest BCUT2D eigenvalue weighted by Crippen LogP contribution is 2.39. The molecule has 1 N–H and O–H groups in total. The minimum Gasteiger partial charge on any atom is -0.458 e. The number of carbonyl (C=O) groups is 2. The van der Waals surface area contributed by atoms with E-state index in [2.05, 4.69) is 6.58 Å². The number of aliphatic hydroxyl groups is 1. The molecule has 2 aliphatic rings. The largest absolute Gasteiger partial charge is 0.458 e. The molecule has 1 heterocycles. The molecule has 0 spiro atoms. The van der Waals surface area contributed by atoms with E-state index in [9.17, 15) is 14.7 Å². The Kier molecular flexibility index (Phi) is 3.90. The lowest BCUT2D eigenvalue weighted by atomic mass is 9.89. The minimum absolute atomic E-state index is 0.0111. The molecule has 4 nitrogen and oxygen atoms in total. The van der Waals surface area contributed by atoms with Gasteiger partial charge in [0, 0.05) is 17.9 Å². The summed E-state index contributed by atoms with van der Waals surface area (Å²) in [4.78, 5) is 22.6. The monoisotopic (exact) mass is 264 g/mol. The highest BCUT2D eigenvalue weighted by atomic mass is 16.6. The molecule has 0 aromatic heterocycles. The highest BCUT2D eigenvalue weighted by Gasteiger charge is 2.41. The molecule has 4 atom stereocenters. The van der Waals surface area contributed by atoms with Gasteiger partial charge < -0.3 is 9.84 Å². The Morgan fingerprint density at radius 1 is 1.63 bits per heavy atom. The molecule has 104 valence electrons. The van der Waals surface area contributed by atoms with Gasteiger partial charge in [-0.25, -0.2) is 4.79 Å². The molecule has 0 saturated carbocycles. The molecular weight excluding hydrogens is 244 g/mol. The Morgan fingerprint density at radius 3 is 2.95 bits per heavy atom. The summed E-state index contributed by atoms with van der Waals surface area (Å²) in [6.07, 6.45) is 2.55. The first kappa shape index (κ1) is 14.0. The summed E-state index contributed by atoms with van der Waals surface area (Å²) < 4.78 is 5.32. The molecule has 0 unspecified atom stereocenters. The van der Waals surface area contributed by atoms with Crippen molar-refractivity contribution in [3.8, 4) is 0 Å². The molecular formula is C15H20O4. The number of esters is 1. The maximum absolute atomic E-state index is 11.5. The number of aliphatic hydroxyl groups excluding tert-OH is 1. The number of fused-ring (bicyclic) bond motifs is 1. The smallest absolute Gasteiger partial charge is 0.334 e. The third kappa shape index (κ3) is 2.78. The zero-order chi connectivity index (χ0) is 14.2. The fourth-order valence-corrected chi connectivity index (χ4v) is 2.98. The first-order valence-corrected chi connectivity index (χ1v) is 6.67. The lowest BCUT2D eigenvalue weighted by Crippen LogP contribution is -2.22. The Morgan fingerprint density at radius 2 is 2.32 bits per heavy atom. The fraction of sp³-hybridized carbons (Fsp3) is 0.600. The third-order valence-electron chi connectivity index (χ3n) is 4.04. The van der Waals surface area contributed by atoms with Crippen LogP contribution in [0.3, 0.4) is 0 Å². The van der Waals surface area contributed by atoms with Crippen LogP contribution in [-0.4, -0.2) is 29.1 Å². The lowest BCUT2D eigenvalue weighted by Gasteiger charge is -2.21. The molecule has 1 aliphatic carbocycles. The maximum Gasteiger partial charge on any atom is 0.334 e. The van der Waals surface area contributed by atoms with Gasteiger partial charge in [-0.3, -0.25) is 4.79 Å². The van der Waals surface area contributed by atoms with Crippen molar-refractivity contribution in [2.24, 2.45) is 11.8 Å². The van der Waals surface area contributed by atoms with Crippen LogP contribution in [0.25, 0.3) is 0 Å². The quantitative estimate of drug-likeness (QED) is 0.479. The second-order valence-electron chi connectivity index (χ2n) is 5.57. The molecule has 0 aromatic carbocycles. The third-order valence-corrected chi connectivity index (χ3v) is 4.04. The van der Waals surface area contributed by atoms with Crippen LogP contribution < -0.4 is 0 Å². The number of allylic oxidation sites excluding steroid dienone is 1. The van der Waals surface area contributed by atoms with E-state index in [1.54, 1.807) is 0 Å². The number of ketones is 1. The minimum atomic E-state index is -0.727. The van der Waals surface area contributed by atoms with Gasteiger partial charge in [-0.2, -0.15) is 0 Å². The number of hydrogen-bond donors (Lipinski definition) is 1. The van der Waals surface area contributed by atoms with Crippen LogP contribution in [0.4, 0.5) is 0 Å². The van der Waals surface area contributed by atoms with E-state index in [1.165, 1.54) is 6.92 Å². The van der Waals surface area contributed by atoms with E-state index < -0.39 is 6.10 Å². The zero-order valence-corrected chi connectivity index (χ0v) is 11.4. The van der Waals surface area contributed by atoms with Gasteiger partial charge in [0.25, 0.3) is 0 Å². The van der Waals surface area contributed by atoms with E-state index in [0.29, 0.717) is 18.4 Å². The second kappa shape index (κ2) is 5.29. The zero-order valence-electron chi connectivity index (χ0n) is 11.4. The SMILES string of the molecule is C=C1C(=O)O[C@@H]2C[C@H](C)C([C@@H](O)CC(C)=O)=CC[C@H]12. The van der Waals surface area contributed by atoms with Crippen LogP contribution in [0.2, 0.25) is 0 Å². The predicted molar refractivity (Wildman–Crippen MR) is 70.3 cm³/mol. The van der Waals surface area contributed by atoms with E-state index in [1.807, 2.05) is 13.0 Å². The van der Waals surface area contributed by atoms with E-state index in [-0.39, 0.29) is 36.1 Å². The first-order chi connectivity index (χ1) is 8.90. The predicted octanol–water partition coefficient (Wildman–Crippen LogP) is 1.78. The summed E-state index contributed by atoms with van der Waals surface area (Å²) in [5.74, 6) is -0.218. The van der Waals surface area contributed by atoms with E-state index in [4.69, 9.17) is 4.74 Å². The van der Waals surface area contributed by atoms with Crippen molar-refractivity contribution in [2.75, 3.05) is 0 Å². The summed E-state index contributed by atoms with van der Waals surface area (Å²) >= 11 is 0. The average Bonchev–Trinajstić information content (AvgIpc) is 2.47. The van der Waals surface area contributed by atoms with Gasteiger partial charge in [0.1, 0.15) is 11.9 Å². The van der Waals surface area contributed by atoms with Crippen molar-refractivity contribution in [3.05, 3.63) is 23.8 Å². The summed E-state index contributed by atoms with van der Waals surface area (Å²) in [5, 5.41) is 10.1. The second-order valence-corrected chi connectivity index (χ2v) is 5.57. The molecule has 1 fully saturated rings. The fourth-order valence-electron chi connectivity index (χ4n) is 2.98. The molecule has 0 aromatic rings. The average molecular weight is 264 g/mol. The summed E-state index contributed by atoms with van der Waals surface area (Å²) in [5.41, 5.74) is 1.41. The van der Waals surface area contributed by atoms with Gasteiger partial charge in [-0.05, 0) is 31.3 Å². The van der Waals surface area contributed by atoms with E-state index >= 15 is 0 Å². The van der Waals surface area contributed by atoms with Crippen LogP contribution in [0.5, 0.6) is 0 Å². The lowest BCUT2D eigenvalue weighted by molar-refractivity contribution is -0.139. The molecule has 0 radical (unpaired) electrons. The van der Waals surface area contributed by atoms with Crippen LogP contribution in [0.15, 0.2) is 23.8 Å². The summed E-state index contributed by atoms with van der Waals surface area (Å²) in [6, 6.07) is 0. The van der Waals surface area contributed by atoms with Crippen LogP contribution in [0.1, 0.15) is 33.1 Å². The van der Waals surface area contributed by atoms with Crippen molar-refractivity contribution >= 4 is 11.8 Å². The first-order valence-electron chi connectivity index (χ1n) is 6.67. The summed E-state index contributed by atoms with van der Waals surface area (Å²) in [7, 11) is 0. The maximum atomic E-state index is 11.5. The Hall–Kier alpha value is -1.42. The Labute approximate surface area is 113 Å². The molecule has 1 aliphatic heterocycles. The van der Waals surface area contributed by atoms with Crippen molar-refractivity contribution in [1.82, 2.24) is 0 Å². The Bertz CT molecular complexity index is 449. The molecule has 0 amide bonds. The molecule has 19 heavy (non-hydrogen) atoms. The van der Waals surface area contributed by atoms with Gasteiger partial charge in [0.15, 0.2) is 0 Å². The van der Waals surface area contributed by atoms with Crippen LogP contribution in [0, 0.1) is 11.8 Å². The van der Waals surface area contributed by atoms with Crippen molar-refractivity contribution in [2.45, 2.75) is 45.3 Å². The van der Waals surface area contributed by atoms with Gasteiger partial charge in [0.05, 0.1) is 6.10 Å². The number of Topliss-reactive ketones (excluding diaryl/α,β-unsaturated/α-hetero) is 1. The topological polar surface area (TPSA) is 63.6 Å². The number of rotatable bonds is 3. The molecule has 0 bridgehead atoms. The van der Waals surface area contributed by atoms with E-state index in [0.717, 1.165) is 5.57 Å². The summed E-state index contributed by atoms with van der Waals surface area (Å²) in [6.45, 7) is 7.25. The van der Waals surface area contributed by atoms with Crippen molar-refractivity contribution < 1.29 is 19.4 Å². The Balaban J connectivity index is 2.15. The van der Waals surface area contributed by atoms with Gasteiger partial charge in [-0.15, -0.1) is 0 Å². The van der Waals surface area contributed by atoms with Gasteiger partial charge in [-0.1, -0.05) is 19.6 Å². The number of carbonyl (C=O) groups excluding carboxylic acids is 2. The standard InChI is InChI=1S/C15H20O4/c1-8-6-14-12(10(3)15(18)19-14)5-4-11(8)13(17)7-9(2)16/h4,8,12-14,17H,3,5-7H2,1-2H3/t8-,12+,13-,14+/m0/s1. The van der Waals surface area contributed by atoms with Gasteiger partial charge in [0.2, 0.25) is 0 Å². The van der Waals surface area contributed by atoms with Crippen molar-refractivity contribution in [3.63, 3.8) is 0 Å². The van der Waals surface area contributed by atoms with Gasteiger partial charge >= 0.3 is 5.97 Å². The molecule has 4 heteroatoms. The van der Waals surface area contributed by atoms with Crippen molar-refractivity contribution in [1.29, 1.82) is 0 Å². The van der Waals surface area contributed by atoms with Crippen LogP contribution >= 0.6 is 0 Å².